The van der Waals surface area contributed by atoms with E-state index in [1.165, 1.54) is 0 Å². The first-order valence-corrected chi connectivity index (χ1v) is 9.75. The van der Waals surface area contributed by atoms with E-state index in [1.54, 1.807) is 6.92 Å². The summed E-state index contributed by atoms with van der Waals surface area (Å²) in [5, 5.41) is 32.7. The molecule has 5 rings (SSSR count). The van der Waals surface area contributed by atoms with Gasteiger partial charge in [0.15, 0.2) is 5.78 Å². The number of rotatable bonds is 1. The average molecular weight is 350 g/mol. The van der Waals surface area contributed by atoms with Gasteiger partial charge in [0.05, 0.1) is 11.0 Å². The summed E-state index contributed by atoms with van der Waals surface area (Å²) in [7, 11) is 0. The van der Waals surface area contributed by atoms with Crippen molar-refractivity contribution >= 4 is 5.78 Å². The van der Waals surface area contributed by atoms with Crippen molar-refractivity contribution in [3.8, 4) is 0 Å². The van der Waals surface area contributed by atoms with Gasteiger partial charge in [-0.3, -0.25) is 4.79 Å². The highest BCUT2D eigenvalue weighted by Gasteiger charge is 2.96. The van der Waals surface area contributed by atoms with Gasteiger partial charge in [-0.1, -0.05) is 20.8 Å². The second kappa shape index (κ2) is 4.01. The van der Waals surface area contributed by atoms with Gasteiger partial charge in [0, 0.05) is 11.3 Å². The lowest BCUT2D eigenvalue weighted by atomic mass is 9.55. The maximum absolute atomic E-state index is 13.5. The number of carbonyl (C=O) groups is 1. The van der Waals surface area contributed by atoms with E-state index in [0.29, 0.717) is 12.3 Å². The van der Waals surface area contributed by atoms with E-state index in [1.807, 2.05) is 6.92 Å². The van der Waals surface area contributed by atoms with Crippen LogP contribution in [0.1, 0.15) is 53.9 Å². The number of Topliss-reactive ketones (excluding diaryl/α,β-unsaturated/α-hetero) is 1. The summed E-state index contributed by atoms with van der Waals surface area (Å²) in [4.78, 5) is 13.5. The van der Waals surface area contributed by atoms with Gasteiger partial charge in [0.25, 0.3) is 0 Å². The minimum Gasteiger partial charge on any atom is -0.387 e. The van der Waals surface area contributed by atoms with Crippen molar-refractivity contribution in [2.75, 3.05) is 0 Å². The highest BCUT2D eigenvalue weighted by Crippen LogP contribution is 2.87. The Bertz CT molecular complexity index is 688. The molecule has 5 aliphatic rings. The lowest BCUT2D eigenvalue weighted by Crippen LogP contribution is -2.48. The molecule has 5 nitrogen and oxygen atoms in total. The topological polar surface area (TPSA) is 90.3 Å². The molecule has 140 valence electrons. The zero-order valence-corrected chi connectivity index (χ0v) is 15.7. The minimum absolute atomic E-state index is 0.129. The molecule has 1 aliphatic heterocycles. The van der Waals surface area contributed by atoms with E-state index >= 15 is 0 Å². The lowest BCUT2D eigenvalue weighted by molar-refractivity contribution is -0.142. The van der Waals surface area contributed by atoms with Crippen LogP contribution in [0.5, 0.6) is 0 Å². The standard InChI is InChI=1S/C20H30O5/c1-9(2)10-6-7-19-8-11-17(4,24)14(23)15-20(11,25-15)18(19,5)13(22)12(21)16(10,19)3/h9-12,14-15,21,23-24H,6-8H2,1-5H3/t10-,11-,12+,14-,15-,16+,17+,18+,19-,20+/m1/s1. The summed E-state index contributed by atoms with van der Waals surface area (Å²) in [6.07, 6.45) is 0.0693. The predicted octanol–water partition coefficient (Wildman–Crippen LogP) is 1.28. The molecule has 5 fully saturated rings. The number of aliphatic hydroxyl groups is 3. The first kappa shape index (κ1) is 16.7. The van der Waals surface area contributed by atoms with Gasteiger partial charge >= 0.3 is 0 Å². The van der Waals surface area contributed by atoms with Crippen LogP contribution in [0.15, 0.2) is 0 Å². The molecule has 4 saturated carbocycles. The first-order chi connectivity index (χ1) is 11.4. The number of hydrogen-bond donors (Lipinski definition) is 3. The highest BCUT2D eigenvalue weighted by molar-refractivity contribution is 5.96. The fourth-order valence-electron chi connectivity index (χ4n) is 8.64. The molecule has 2 spiro atoms. The minimum atomic E-state index is -1.24. The lowest BCUT2D eigenvalue weighted by Gasteiger charge is -2.47. The second-order valence-corrected chi connectivity index (χ2v) is 10.4. The third-order valence-electron chi connectivity index (χ3n) is 9.88. The van der Waals surface area contributed by atoms with Gasteiger partial charge in [0.1, 0.15) is 23.9 Å². The van der Waals surface area contributed by atoms with Gasteiger partial charge < -0.3 is 20.1 Å². The summed E-state index contributed by atoms with van der Waals surface area (Å²) in [5.74, 6) is 0.270. The highest BCUT2D eigenvalue weighted by atomic mass is 16.6. The Labute approximate surface area is 148 Å². The maximum Gasteiger partial charge on any atom is 0.171 e. The Morgan fingerprint density at radius 1 is 1.20 bits per heavy atom. The van der Waals surface area contributed by atoms with Crippen LogP contribution in [0.4, 0.5) is 0 Å². The van der Waals surface area contributed by atoms with Crippen LogP contribution in [0.2, 0.25) is 0 Å². The Morgan fingerprint density at radius 2 is 1.84 bits per heavy atom. The molecule has 0 aromatic carbocycles. The average Bonchev–Trinajstić information content (AvgIpc) is 3.05. The van der Waals surface area contributed by atoms with E-state index in [-0.39, 0.29) is 23.0 Å². The number of ether oxygens (including phenoxy) is 1. The molecule has 0 bridgehead atoms. The third-order valence-corrected chi connectivity index (χ3v) is 9.88. The SMILES string of the molecule is CC(C)[C@H]1CC[C@]23C[C@@H]4[C@](C)(O)[C@H](O)[C@H]5O[C@]54[C@@]2(C)C(=O)[C@H](O)[C@]13C. The van der Waals surface area contributed by atoms with Crippen molar-refractivity contribution in [2.24, 2.45) is 34.0 Å². The van der Waals surface area contributed by atoms with Crippen molar-refractivity contribution < 1.29 is 24.9 Å². The molecular formula is C20H30O5. The monoisotopic (exact) mass is 350 g/mol. The molecule has 0 unspecified atom stereocenters. The molecule has 0 aromatic rings. The van der Waals surface area contributed by atoms with Crippen LogP contribution in [-0.2, 0) is 9.53 Å². The molecule has 0 radical (unpaired) electrons. The molecular weight excluding hydrogens is 320 g/mol. The van der Waals surface area contributed by atoms with Crippen molar-refractivity contribution in [3.05, 3.63) is 0 Å². The van der Waals surface area contributed by atoms with E-state index in [4.69, 9.17) is 4.74 Å². The van der Waals surface area contributed by atoms with Gasteiger partial charge in [-0.05, 0) is 50.4 Å². The van der Waals surface area contributed by atoms with Gasteiger partial charge in [-0.25, -0.2) is 0 Å². The molecule has 25 heavy (non-hydrogen) atoms. The fourth-order valence-corrected chi connectivity index (χ4v) is 8.64. The van der Waals surface area contributed by atoms with Crippen molar-refractivity contribution in [3.63, 3.8) is 0 Å². The molecule has 0 amide bonds. The predicted molar refractivity (Wildman–Crippen MR) is 89.6 cm³/mol. The van der Waals surface area contributed by atoms with Gasteiger partial charge in [-0.2, -0.15) is 0 Å². The van der Waals surface area contributed by atoms with Gasteiger partial charge in [-0.15, -0.1) is 0 Å². The Balaban J connectivity index is 1.74. The number of ketones is 1. The number of hydrogen-bond acceptors (Lipinski definition) is 5. The van der Waals surface area contributed by atoms with E-state index in [0.717, 1.165) is 12.8 Å². The molecule has 10 atom stereocenters. The summed E-state index contributed by atoms with van der Waals surface area (Å²) < 4.78 is 6.05. The van der Waals surface area contributed by atoms with Crippen LogP contribution in [0.25, 0.3) is 0 Å². The van der Waals surface area contributed by atoms with E-state index < -0.39 is 40.3 Å². The zero-order valence-electron chi connectivity index (χ0n) is 15.7. The fraction of sp³-hybridized carbons (Fsp3) is 0.950. The summed E-state index contributed by atoms with van der Waals surface area (Å²) in [6, 6.07) is 0. The Hall–Kier alpha value is -0.490. The largest absolute Gasteiger partial charge is 0.387 e. The number of aliphatic hydroxyl groups excluding tert-OH is 2. The van der Waals surface area contributed by atoms with Crippen molar-refractivity contribution in [2.45, 2.75) is 83.4 Å². The molecule has 1 saturated heterocycles. The van der Waals surface area contributed by atoms with Crippen molar-refractivity contribution in [1.29, 1.82) is 0 Å². The van der Waals surface area contributed by atoms with Crippen LogP contribution < -0.4 is 0 Å². The molecule has 5 heteroatoms. The Morgan fingerprint density at radius 3 is 2.44 bits per heavy atom. The van der Waals surface area contributed by atoms with Crippen molar-refractivity contribution in [1.82, 2.24) is 0 Å². The summed E-state index contributed by atoms with van der Waals surface area (Å²) in [5.41, 5.74) is -3.75. The molecule has 3 N–H and O–H groups in total. The number of epoxide rings is 1. The normalized spacial score (nSPS) is 67.4. The van der Waals surface area contributed by atoms with Crippen LogP contribution in [0, 0.1) is 34.0 Å². The smallest absolute Gasteiger partial charge is 0.171 e. The Kier molecular flexibility index (Phi) is 2.67. The van der Waals surface area contributed by atoms with Crippen LogP contribution >= 0.6 is 0 Å². The van der Waals surface area contributed by atoms with Crippen LogP contribution in [0.3, 0.4) is 0 Å². The van der Waals surface area contributed by atoms with Gasteiger partial charge in [0.2, 0.25) is 0 Å². The van der Waals surface area contributed by atoms with E-state index in [2.05, 4.69) is 20.8 Å². The maximum atomic E-state index is 13.5. The van der Waals surface area contributed by atoms with Crippen LogP contribution in [-0.4, -0.2) is 50.6 Å². The summed E-state index contributed by atoms with van der Waals surface area (Å²) in [6.45, 7) is 10.1. The quantitative estimate of drug-likeness (QED) is 0.620. The molecule has 4 aliphatic carbocycles. The number of carbonyl (C=O) groups excluding carboxylic acids is 1. The molecule has 1 heterocycles. The van der Waals surface area contributed by atoms with E-state index in [9.17, 15) is 20.1 Å². The zero-order chi connectivity index (χ0) is 18.4. The summed E-state index contributed by atoms with van der Waals surface area (Å²) >= 11 is 0. The third kappa shape index (κ3) is 1.22. The second-order valence-electron chi connectivity index (χ2n) is 10.4. The first-order valence-electron chi connectivity index (χ1n) is 9.75. The molecule has 0 aromatic heterocycles.